The third kappa shape index (κ3) is 2.71. The van der Waals surface area contributed by atoms with Crippen LogP contribution in [0.4, 0.5) is 11.1 Å². The molecule has 1 aliphatic rings. The van der Waals surface area contributed by atoms with Gasteiger partial charge in [-0.15, -0.1) is 0 Å². The lowest BCUT2D eigenvalue weighted by molar-refractivity contribution is -0.114. The van der Waals surface area contributed by atoms with Crippen LogP contribution in [0.25, 0.3) is 10.3 Å². The van der Waals surface area contributed by atoms with Crippen LogP contribution in [0, 0.1) is 0 Å². The van der Waals surface area contributed by atoms with Gasteiger partial charge in [0.1, 0.15) is 5.52 Å². The van der Waals surface area contributed by atoms with Crippen LogP contribution in [0.2, 0.25) is 0 Å². The molecule has 1 amide bonds. The Morgan fingerprint density at radius 2 is 2.29 bits per heavy atom. The Hall–Kier alpha value is -2.55. The molecule has 24 heavy (non-hydrogen) atoms. The minimum absolute atomic E-state index is 0.142. The summed E-state index contributed by atoms with van der Waals surface area (Å²) < 4.78 is 1.82. The Morgan fingerprint density at radius 3 is 3.04 bits per heavy atom. The maximum Gasteiger partial charge on any atom is 0.227 e. The van der Waals surface area contributed by atoms with E-state index in [1.165, 1.54) is 18.3 Å². The van der Waals surface area contributed by atoms with E-state index < -0.39 is 0 Å². The average molecular weight is 343 g/mol. The van der Waals surface area contributed by atoms with Crippen LogP contribution in [0.3, 0.4) is 0 Å². The largest absolute Gasteiger partial charge is 0.332 e. The Labute approximate surface area is 142 Å². The normalized spacial score (nSPS) is 17.6. The quantitative estimate of drug-likeness (QED) is 0.783. The van der Waals surface area contributed by atoms with Crippen LogP contribution in [-0.2, 0) is 11.8 Å². The average Bonchev–Trinajstić information content (AvgIpc) is 3.23. The molecule has 0 aromatic carbocycles. The Kier molecular flexibility index (Phi) is 3.64. The van der Waals surface area contributed by atoms with E-state index in [9.17, 15) is 4.79 Å². The monoisotopic (exact) mass is 343 g/mol. The molecule has 3 aromatic heterocycles. The molecular weight excluding hydrogens is 326 g/mol. The lowest BCUT2D eigenvalue weighted by Gasteiger charge is -2.22. The van der Waals surface area contributed by atoms with E-state index >= 15 is 0 Å². The summed E-state index contributed by atoms with van der Waals surface area (Å²) in [6, 6.07) is 2.25. The van der Waals surface area contributed by atoms with E-state index in [1.807, 2.05) is 24.0 Å². The van der Waals surface area contributed by atoms with Gasteiger partial charge in [-0.1, -0.05) is 11.3 Å². The van der Waals surface area contributed by atoms with Crippen LogP contribution in [0.5, 0.6) is 0 Å². The standard InChI is InChI=1S/C15H17N7OS/c1-9(23)17-15-18-11-8-16-14(19-13(11)24-15)22-6-3-4-12(22)10-5-7-21(2)20-10/h5,7-8,12H,3-4,6H2,1-2H3,(H,17,18,23). The third-order valence-electron chi connectivity index (χ3n) is 4.01. The molecule has 124 valence electrons. The number of hydrogen-bond donors (Lipinski definition) is 1. The Bertz CT molecular complexity index is 902. The highest BCUT2D eigenvalue weighted by Gasteiger charge is 2.30. The fraction of sp³-hybridized carbons (Fsp3) is 0.400. The predicted octanol–water partition coefficient (Wildman–Crippen LogP) is 2.12. The van der Waals surface area contributed by atoms with Gasteiger partial charge < -0.3 is 10.2 Å². The summed E-state index contributed by atoms with van der Waals surface area (Å²) in [6.07, 6.45) is 5.80. The molecular formula is C15H17N7OS. The van der Waals surface area contributed by atoms with E-state index in [2.05, 4.69) is 30.3 Å². The molecule has 8 nitrogen and oxygen atoms in total. The second-order valence-corrected chi connectivity index (χ2v) is 6.80. The number of aromatic nitrogens is 5. The van der Waals surface area contributed by atoms with Crippen molar-refractivity contribution in [2.24, 2.45) is 7.05 Å². The van der Waals surface area contributed by atoms with E-state index in [-0.39, 0.29) is 11.9 Å². The van der Waals surface area contributed by atoms with Crippen molar-refractivity contribution >= 4 is 38.7 Å². The van der Waals surface area contributed by atoms with E-state index in [4.69, 9.17) is 0 Å². The summed E-state index contributed by atoms with van der Waals surface area (Å²) in [5.74, 6) is 0.547. The molecule has 0 saturated carbocycles. The topological polar surface area (TPSA) is 88.8 Å². The first-order valence-corrected chi connectivity index (χ1v) is 8.59. The highest BCUT2D eigenvalue weighted by atomic mass is 32.1. The molecule has 1 fully saturated rings. The van der Waals surface area contributed by atoms with Crippen molar-refractivity contribution in [1.82, 2.24) is 24.7 Å². The van der Waals surface area contributed by atoms with Crippen molar-refractivity contribution < 1.29 is 4.79 Å². The number of carbonyl (C=O) groups is 1. The summed E-state index contributed by atoms with van der Waals surface area (Å²) in [6.45, 7) is 2.37. The summed E-state index contributed by atoms with van der Waals surface area (Å²) in [4.78, 5) is 27.6. The zero-order chi connectivity index (χ0) is 16.7. The number of aryl methyl sites for hydroxylation is 1. The fourth-order valence-electron chi connectivity index (χ4n) is 2.99. The number of fused-ring (bicyclic) bond motifs is 1. The predicted molar refractivity (Wildman–Crippen MR) is 92.0 cm³/mol. The summed E-state index contributed by atoms with van der Waals surface area (Å²) in [7, 11) is 1.92. The zero-order valence-corrected chi connectivity index (χ0v) is 14.2. The van der Waals surface area contributed by atoms with E-state index in [0.717, 1.165) is 29.9 Å². The van der Waals surface area contributed by atoms with E-state index in [1.54, 1.807) is 6.20 Å². The highest BCUT2D eigenvalue weighted by Crippen LogP contribution is 2.34. The third-order valence-corrected chi connectivity index (χ3v) is 4.89. The minimum atomic E-state index is -0.142. The lowest BCUT2D eigenvalue weighted by Crippen LogP contribution is -2.25. The van der Waals surface area contributed by atoms with Gasteiger partial charge in [-0.25, -0.2) is 9.97 Å². The van der Waals surface area contributed by atoms with Crippen molar-refractivity contribution in [3.63, 3.8) is 0 Å². The van der Waals surface area contributed by atoms with Gasteiger partial charge in [0.25, 0.3) is 0 Å². The summed E-state index contributed by atoms with van der Waals surface area (Å²) in [5.41, 5.74) is 1.74. The summed E-state index contributed by atoms with van der Waals surface area (Å²) >= 11 is 1.36. The zero-order valence-electron chi connectivity index (χ0n) is 13.4. The first-order valence-electron chi connectivity index (χ1n) is 7.77. The number of carbonyl (C=O) groups excluding carboxylic acids is 1. The number of amides is 1. The van der Waals surface area contributed by atoms with Gasteiger partial charge in [0.05, 0.1) is 17.9 Å². The Morgan fingerprint density at radius 1 is 1.42 bits per heavy atom. The maximum atomic E-state index is 11.2. The van der Waals surface area contributed by atoms with Gasteiger partial charge >= 0.3 is 0 Å². The van der Waals surface area contributed by atoms with Crippen LogP contribution in [0.15, 0.2) is 18.5 Å². The number of thiazole rings is 1. The molecule has 9 heteroatoms. The van der Waals surface area contributed by atoms with Crippen LogP contribution in [0.1, 0.15) is 31.5 Å². The second-order valence-electron chi connectivity index (χ2n) is 5.83. The molecule has 1 N–H and O–H groups in total. The fourth-order valence-corrected chi connectivity index (χ4v) is 3.85. The highest BCUT2D eigenvalue weighted by molar-refractivity contribution is 7.21. The van der Waals surface area contributed by atoms with Gasteiger partial charge in [0.2, 0.25) is 11.9 Å². The molecule has 4 heterocycles. The molecule has 4 rings (SSSR count). The SMILES string of the molecule is CC(=O)Nc1nc2cnc(N3CCCC3c3ccn(C)n3)nc2s1. The number of nitrogens with one attached hydrogen (secondary N) is 1. The first kappa shape index (κ1) is 15.0. The number of anilines is 2. The smallest absolute Gasteiger partial charge is 0.227 e. The molecule has 3 aromatic rings. The Balaban J connectivity index is 1.66. The second kappa shape index (κ2) is 5.82. The van der Waals surface area contributed by atoms with Crippen molar-refractivity contribution in [3.05, 3.63) is 24.2 Å². The molecule has 1 aliphatic heterocycles. The van der Waals surface area contributed by atoms with Crippen LogP contribution in [-0.4, -0.2) is 37.2 Å². The molecule has 1 atom stereocenters. The molecule has 0 spiro atoms. The molecule has 0 bridgehead atoms. The maximum absolute atomic E-state index is 11.2. The number of rotatable bonds is 3. The van der Waals surface area contributed by atoms with E-state index in [0.29, 0.717) is 16.6 Å². The number of hydrogen-bond acceptors (Lipinski definition) is 7. The molecule has 0 radical (unpaired) electrons. The number of nitrogens with zero attached hydrogens (tertiary/aromatic N) is 6. The molecule has 0 aliphatic carbocycles. The van der Waals surface area contributed by atoms with Gasteiger partial charge in [0.15, 0.2) is 9.96 Å². The van der Waals surface area contributed by atoms with Gasteiger partial charge in [-0.05, 0) is 18.9 Å². The van der Waals surface area contributed by atoms with Crippen molar-refractivity contribution in [2.45, 2.75) is 25.8 Å². The minimum Gasteiger partial charge on any atom is -0.332 e. The van der Waals surface area contributed by atoms with Gasteiger partial charge in [-0.2, -0.15) is 10.1 Å². The molecule has 1 unspecified atom stereocenters. The van der Waals surface area contributed by atoms with Gasteiger partial charge in [-0.3, -0.25) is 9.48 Å². The van der Waals surface area contributed by atoms with Crippen LogP contribution < -0.4 is 10.2 Å². The van der Waals surface area contributed by atoms with Crippen molar-refractivity contribution in [3.8, 4) is 0 Å². The molecule has 1 saturated heterocycles. The lowest BCUT2D eigenvalue weighted by atomic mass is 10.1. The van der Waals surface area contributed by atoms with Gasteiger partial charge in [0, 0.05) is 26.7 Å². The summed E-state index contributed by atoms with van der Waals surface area (Å²) in [5, 5.41) is 7.77. The van der Waals surface area contributed by atoms with Crippen molar-refractivity contribution in [1.29, 1.82) is 0 Å². The van der Waals surface area contributed by atoms with Crippen LogP contribution >= 0.6 is 11.3 Å². The van der Waals surface area contributed by atoms with Crippen molar-refractivity contribution in [2.75, 3.05) is 16.8 Å². The first-order chi connectivity index (χ1) is 11.6.